The zero-order valence-corrected chi connectivity index (χ0v) is 14.0. The summed E-state index contributed by atoms with van der Waals surface area (Å²) in [7, 11) is 1.60. The topological polar surface area (TPSA) is 75.6 Å². The smallest absolute Gasteiger partial charge is 0.329 e. The highest BCUT2D eigenvalue weighted by Gasteiger charge is 2.46. The van der Waals surface area contributed by atoms with Gasteiger partial charge in [0.25, 0.3) is 0 Å². The van der Waals surface area contributed by atoms with E-state index in [-0.39, 0.29) is 18.2 Å². The van der Waals surface area contributed by atoms with Crippen LogP contribution in [0.5, 0.6) is 5.75 Å². The molecule has 5 nitrogen and oxygen atoms in total. The second-order valence-electron chi connectivity index (χ2n) is 6.44. The van der Waals surface area contributed by atoms with E-state index < -0.39 is 11.5 Å². The lowest BCUT2D eigenvalue weighted by atomic mass is 9.73. The van der Waals surface area contributed by atoms with E-state index in [0.29, 0.717) is 6.42 Å². The molecule has 0 saturated heterocycles. The normalized spacial score (nSPS) is 24.0. The molecule has 1 aromatic rings. The van der Waals surface area contributed by atoms with Crippen molar-refractivity contribution in [3.63, 3.8) is 0 Å². The first-order valence-electron chi connectivity index (χ1n) is 8.07. The van der Waals surface area contributed by atoms with Gasteiger partial charge in [0.1, 0.15) is 11.3 Å². The first-order valence-corrected chi connectivity index (χ1v) is 8.07. The molecule has 23 heavy (non-hydrogen) atoms. The molecule has 0 spiro atoms. The third-order valence-corrected chi connectivity index (χ3v) is 4.94. The lowest BCUT2D eigenvalue weighted by molar-refractivity contribution is -0.151. The van der Waals surface area contributed by atoms with Gasteiger partial charge < -0.3 is 15.2 Å². The monoisotopic (exact) mass is 319 g/mol. The van der Waals surface area contributed by atoms with E-state index in [9.17, 15) is 14.7 Å². The molecular formula is C18H25NO4. The average Bonchev–Trinajstić information content (AvgIpc) is 2.51. The minimum Gasteiger partial charge on any atom is -0.497 e. The van der Waals surface area contributed by atoms with E-state index in [1.807, 2.05) is 32.0 Å². The number of carbonyl (C=O) groups excluding carboxylic acids is 1. The van der Waals surface area contributed by atoms with Crippen molar-refractivity contribution in [1.82, 2.24) is 5.32 Å². The van der Waals surface area contributed by atoms with Crippen LogP contribution in [0.4, 0.5) is 0 Å². The van der Waals surface area contributed by atoms with Gasteiger partial charge in [-0.15, -0.1) is 0 Å². The number of ether oxygens (including phenoxy) is 1. The van der Waals surface area contributed by atoms with Crippen LogP contribution in [0.25, 0.3) is 0 Å². The van der Waals surface area contributed by atoms with Gasteiger partial charge in [0.2, 0.25) is 5.91 Å². The molecule has 0 aromatic heterocycles. The fourth-order valence-electron chi connectivity index (χ4n) is 3.36. The number of aryl methyl sites for hydroxylation is 1. The minimum absolute atomic E-state index is 0.0605. The Balaban J connectivity index is 2.12. The third-order valence-electron chi connectivity index (χ3n) is 4.94. The lowest BCUT2D eigenvalue weighted by Gasteiger charge is -2.39. The second kappa shape index (κ2) is 7.02. The molecule has 0 heterocycles. The number of aliphatic carboxylic acids is 1. The molecule has 1 aromatic carbocycles. The molecule has 126 valence electrons. The maximum atomic E-state index is 12.4. The van der Waals surface area contributed by atoms with Gasteiger partial charge in [-0.05, 0) is 48.9 Å². The minimum atomic E-state index is -1.13. The predicted molar refractivity (Wildman–Crippen MR) is 87.6 cm³/mol. The summed E-state index contributed by atoms with van der Waals surface area (Å²) < 4.78 is 5.16. The highest BCUT2D eigenvalue weighted by atomic mass is 16.5. The summed E-state index contributed by atoms with van der Waals surface area (Å²) in [5, 5.41) is 12.5. The van der Waals surface area contributed by atoms with E-state index in [1.54, 1.807) is 7.11 Å². The van der Waals surface area contributed by atoms with Crippen molar-refractivity contribution in [1.29, 1.82) is 0 Å². The van der Waals surface area contributed by atoms with Crippen molar-refractivity contribution in [3.05, 3.63) is 29.3 Å². The van der Waals surface area contributed by atoms with Crippen LogP contribution in [0, 0.1) is 12.8 Å². The summed E-state index contributed by atoms with van der Waals surface area (Å²) >= 11 is 0. The largest absolute Gasteiger partial charge is 0.497 e. The molecule has 2 rings (SSSR count). The molecule has 2 atom stereocenters. The van der Waals surface area contributed by atoms with Gasteiger partial charge in [-0.25, -0.2) is 4.79 Å². The molecule has 1 fully saturated rings. The third kappa shape index (κ3) is 3.66. The molecule has 0 bridgehead atoms. The van der Waals surface area contributed by atoms with Crippen molar-refractivity contribution in [2.75, 3.05) is 7.11 Å². The summed E-state index contributed by atoms with van der Waals surface area (Å²) in [4.78, 5) is 24.2. The molecule has 1 aliphatic carbocycles. The number of methoxy groups -OCH3 is 1. The number of nitrogens with one attached hydrogen (secondary N) is 1. The van der Waals surface area contributed by atoms with Gasteiger partial charge in [-0.2, -0.15) is 0 Å². The first-order chi connectivity index (χ1) is 10.9. The van der Waals surface area contributed by atoms with Crippen LogP contribution in [-0.4, -0.2) is 29.6 Å². The van der Waals surface area contributed by atoms with E-state index in [1.165, 1.54) is 0 Å². The number of rotatable bonds is 5. The van der Waals surface area contributed by atoms with Gasteiger partial charge in [0.15, 0.2) is 0 Å². The second-order valence-corrected chi connectivity index (χ2v) is 6.44. The summed E-state index contributed by atoms with van der Waals surface area (Å²) in [5.74, 6) is -0.483. The summed E-state index contributed by atoms with van der Waals surface area (Å²) in [6, 6.07) is 5.54. The van der Waals surface area contributed by atoms with Crippen LogP contribution in [0.3, 0.4) is 0 Å². The number of hydrogen-bond acceptors (Lipinski definition) is 3. The zero-order valence-electron chi connectivity index (χ0n) is 14.0. The molecule has 5 heteroatoms. The lowest BCUT2D eigenvalue weighted by Crippen LogP contribution is -2.60. The molecule has 0 aliphatic heterocycles. The highest BCUT2D eigenvalue weighted by molar-refractivity contribution is 5.88. The SMILES string of the molecule is COc1ccc(CC(=O)NC2(C(=O)O)CCCCC2C)c(C)c1. The van der Waals surface area contributed by atoms with Crippen LogP contribution in [0.15, 0.2) is 18.2 Å². The van der Waals surface area contributed by atoms with Crippen molar-refractivity contribution in [2.24, 2.45) is 5.92 Å². The Morgan fingerprint density at radius 2 is 2.13 bits per heavy atom. The molecule has 1 aliphatic rings. The summed E-state index contributed by atoms with van der Waals surface area (Å²) in [6.45, 7) is 3.83. The fraction of sp³-hybridized carbons (Fsp3) is 0.556. The van der Waals surface area contributed by atoms with Gasteiger partial charge in [-0.3, -0.25) is 4.79 Å². The number of benzene rings is 1. The fourth-order valence-corrected chi connectivity index (χ4v) is 3.36. The van der Waals surface area contributed by atoms with Gasteiger partial charge in [0.05, 0.1) is 13.5 Å². The number of carbonyl (C=O) groups is 2. The number of amides is 1. The average molecular weight is 319 g/mol. The Morgan fingerprint density at radius 3 is 2.70 bits per heavy atom. The Morgan fingerprint density at radius 1 is 1.39 bits per heavy atom. The predicted octanol–water partition coefficient (Wildman–Crippen LogP) is 2.70. The molecule has 2 unspecified atom stereocenters. The Hall–Kier alpha value is -2.04. The molecule has 1 amide bonds. The van der Waals surface area contributed by atoms with E-state index >= 15 is 0 Å². The van der Waals surface area contributed by atoms with Crippen LogP contribution in [-0.2, 0) is 16.0 Å². The van der Waals surface area contributed by atoms with Gasteiger partial charge in [0, 0.05) is 0 Å². The van der Waals surface area contributed by atoms with Crippen molar-refractivity contribution >= 4 is 11.9 Å². The Kier molecular flexibility index (Phi) is 5.29. The maximum Gasteiger partial charge on any atom is 0.329 e. The summed E-state index contributed by atoms with van der Waals surface area (Å²) in [6.07, 6.45) is 3.35. The van der Waals surface area contributed by atoms with Gasteiger partial charge >= 0.3 is 5.97 Å². The van der Waals surface area contributed by atoms with Crippen molar-refractivity contribution in [3.8, 4) is 5.75 Å². The standard InChI is InChI=1S/C18H25NO4/c1-12-10-15(23-3)8-7-14(12)11-16(20)19-18(17(21)22)9-5-4-6-13(18)2/h7-8,10,13H,4-6,9,11H2,1-3H3,(H,19,20)(H,21,22). The van der Waals surface area contributed by atoms with Crippen LogP contribution >= 0.6 is 0 Å². The summed E-state index contributed by atoms with van der Waals surface area (Å²) in [5.41, 5.74) is 0.711. The molecule has 1 saturated carbocycles. The van der Waals surface area contributed by atoms with Crippen molar-refractivity contribution in [2.45, 2.75) is 51.5 Å². The molecule has 2 N–H and O–H groups in total. The number of carboxylic acids is 1. The van der Waals surface area contributed by atoms with Crippen LogP contribution < -0.4 is 10.1 Å². The Labute approximate surface area is 137 Å². The van der Waals surface area contributed by atoms with Crippen LogP contribution in [0.1, 0.15) is 43.7 Å². The van der Waals surface area contributed by atoms with E-state index in [2.05, 4.69) is 5.32 Å². The Bertz CT molecular complexity index is 599. The number of carboxylic acid groups (broad SMARTS) is 1. The van der Waals surface area contributed by atoms with Crippen molar-refractivity contribution < 1.29 is 19.4 Å². The van der Waals surface area contributed by atoms with Crippen LogP contribution in [0.2, 0.25) is 0 Å². The maximum absolute atomic E-state index is 12.4. The molecular weight excluding hydrogens is 294 g/mol. The van der Waals surface area contributed by atoms with Gasteiger partial charge in [-0.1, -0.05) is 25.8 Å². The quantitative estimate of drug-likeness (QED) is 0.875. The first kappa shape index (κ1) is 17.3. The van der Waals surface area contributed by atoms with E-state index in [0.717, 1.165) is 36.1 Å². The zero-order chi connectivity index (χ0) is 17.0. The highest BCUT2D eigenvalue weighted by Crippen LogP contribution is 2.34. The number of hydrogen-bond donors (Lipinski definition) is 2. The van der Waals surface area contributed by atoms with E-state index in [4.69, 9.17) is 4.74 Å². The molecule has 0 radical (unpaired) electrons.